The van der Waals surface area contributed by atoms with Crippen molar-refractivity contribution in [1.82, 2.24) is 4.98 Å². The number of nitrogens with one attached hydrogen (secondary N) is 1. The fraction of sp³-hybridized carbons (Fsp3) is 0.158. The molecule has 0 aliphatic carbocycles. The van der Waals surface area contributed by atoms with Crippen molar-refractivity contribution in [3.8, 4) is 0 Å². The fourth-order valence-corrected chi connectivity index (χ4v) is 3.23. The number of carbonyl (C=O) groups excluding carboxylic acids is 1. The Morgan fingerprint density at radius 3 is 2.71 bits per heavy atom. The first-order valence-corrected chi connectivity index (χ1v) is 8.34. The van der Waals surface area contributed by atoms with Crippen molar-refractivity contribution in [2.24, 2.45) is 0 Å². The van der Waals surface area contributed by atoms with Crippen LogP contribution in [-0.4, -0.2) is 10.9 Å². The standard InChI is InChI=1S/C19H16BrFN2O/c1-11-14-5-3-4-6-17(14)22-12(2)15(11)10-19(24)23-18-8-7-13(21)9-16(18)20/h3-9H,10H2,1-2H3,(H,23,24). The summed E-state index contributed by atoms with van der Waals surface area (Å²) in [5, 5.41) is 3.86. The molecule has 1 N–H and O–H groups in total. The summed E-state index contributed by atoms with van der Waals surface area (Å²) in [6, 6.07) is 12.1. The second kappa shape index (κ2) is 6.69. The molecule has 1 heterocycles. The molecular weight excluding hydrogens is 371 g/mol. The number of hydrogen-bond donors (Lipinski definition) is 1. The number of fused-ring (bicyclic) bond motifs is 1. The molecule has 0 aliphatic rings. The van der Waals surface area contributed by atoms with Gasteiger partial charge >= 0.3 is 0 Å². The molecule has 0 bridgehead atoms. The lowest BCUT2D eigenvalue weighted by Gasteiger charge is -2.13. The number of aromatic nitrogens is 1. The maximum Gasteiger partial charge on any atom is 0.228 e. The minimum atomic E-state index is -0.356. The maximum atomic E-state index is 13.1. The van der Waals surface area contributed by atoms with Crippen molar-refractivity contribution in [2.45, 2.75) is 20.3 Å². The van der Waals surface area contributed by atoms with Crippen molar-refractivity contribution in [3.05, 3.63) is 69.6 Å². The third kappa shape index (κ3) is 3.31. The lowest BCUT2D eigenvalue weighted by Crippen LogP contribution is -2.16. The molecule has 0 saturated heterocycles. The van der Waals surface area contributed by atoms with E-state index in [1.54, 1.807) is 0 Å². The van der Waals surface area contributed by atoms with Crippen LogP contribution in [0.3, 0.4) is 0 Å². The summed E-state index contributed by atoms with van der Waals surface area (Å²) in [5.41, 5.74) is 4.30. The number of halogens is 2. The molecular formula is C19H16BrFN2O. The van der Waals surface area contributed by atoms with E-state index in [9.17, 15) is 9.18 Å². The van der Waals surface area contributed by atoms with Crippen LogP contribution in [0.4, 0.5) is 10.1 Å². The average molecular weight is 387 g/mol. The average Bonchev–Trinajstić information content (AvgIpc) is 2.54. The summed E-state index contributed by atoms with van der Waals surface area (Å²) in [7, 11) is 0. The highest BCUT2D eigenvalue weighted by molar-refractivity contribution is 9.10. The Kier molecular flexibility index (Phi) is 4.62. The van der Waals surface area contributed by atoms with Gasteiger partial charge in [0.25, 0.3) is 0 Å². The van der Waals surface area contributed by atoms with E-state index in [-0.39, 0.29) is 18.1 Å². The predicted molar refractivity (Wildman–Crippen MR) is 97.7 cm³/mol. The number of nitrogens with zero attached hydrogens (tertiary/aromatic N) is 1. The first-order chi connectivity index (χ1) is 11.5. The van der Waals surface area contributed by atoms with E-state index in [2.05, 4.69) is 26.2 Å². The van der Waals surface area contributed by atoms with Crippen LogP contribution in [-0.2, 0) is 11.2 Å². The van der Waals surface area contributed by atoms with Crippen molar-refractivity contribution >= 4 is 38.4 Å². The third-order valence-electron chi connectivity index (χ3n) is 4.03. The molecule has 0 aliphatic heterocycles. The van der Waals surface area contributed by atoms with Crippen molar-refractivity contribution in [3.63, 3.8) is 0 Å². The minimum absolute atomic E-state index is 0.161. The molecule has 0 radical (unpaired) electrons. The highest BCUT2D eigenvalue weighted by Crippen LogP contribution is 2.25. The van der Waals surface area contributed by atoms with Gasteiger partial charge < -0.3 is 5.32 Å². The minimum Gasteiger partial charge on any atom is -0.325 e. The van der Waals surface area contributed by atoms with E-state index < -0.39 is 0 Å². The van der Waals surface area contributed by atoms with Gasteiger partial charge in [-0.15, -0.1) is 0 Å². The zero-order valence-corrected chi connectivity index (χ0v) is 14.9. The number of amides is 1. The van der Waals surface area contributed by atoms with Gasteiger partial charge in [0, 0.05) is 15.6 Å². The summed E-state index contributed by atoms with van der Waals surface area (Å²) in [5.74, 6) is -0.518. The number of aryl methyl sites for hydroxylation is 2. The van der Waals surface area contributed by atoms with E-state index in [4.69, 9.17) is 0 Å². The predicted octanol–water partition coefficient (Wildman–Crippen LogP) is 4.93. The van der Waals surface area contributed by atoms with Gasteiger partial charge in [0.15, 0.2) is 0 Å². The van der Waals surface area contributed by atoms with Gasteiger partial charge in [-0.25, -0.2) is 4.39 Å². The van der Waals surface area contributed by atoms with E-state index in [0.717, 1.165) is 27.7 Å². The Morgan fingerprint density at radius 2 is 1.96 bits per heavy atom. The highest BCUT2D eigenvalue weighted by Gasteiger charge is 2.14. The van der Waals surface area contributed by atoms with E-state index in [1.165, 1.54) is 18.2 Å². The normalized spacial score (nSPS) is 10.8. The summed E-state index contributed by atoms with van der Waals surface area (Å²) in [4.78, 5) is 17.0. The molecule has 0 unspecified atom stereocenters. The SMILES string of the molecule is Cc1nc2ccccc2c(C)c1CC(=O)Nc1ccc(F)cc1Br. The Morgan fingerprint density at radius 1 is 1.21 bits per heavy atom. The summed E-state index contributed by atoms with van der Waals surface area (Å²) < 4.78 is 13.6. The molecule has 3 rings (SSSR count). The van der Waals surface area contributed by atoms with Gasteiger partial charge in [-0.3, -0.25) is 9.78 Å². The molecule has 3 nitrogen and oxygen atoms in total. The van der Waals surface area contributed by atoms with Gasteiger partial charge in [0.05, 0.1) is 17.6 Å². The van der Waals surface area contributed by atoms with Crippen molar-refractivity contribution < 1.29 is 9.18 Å². The van der Waals surface area contributed by atoms with Crippen LogP contribution in [0.1, 0.15) is 16.8 Å². The maximum absolute atomic E-state index is 13.1. The van der Waals surface area contributed by atoms with Gasteiger partial charge in [0.1, 0.15) is 5.82 Å². The first-order valence-electron chi connectivity index (χ1n) is 7.55. The number of hydrogen-bond acceptors (Lipinski definition) is 2. The number of carbonyl (C=O) groups is 1. The van der Waals surface area contributed by atoms with Crippen molar-refractivity contribution in [2.75, 3.05) is 5.32 Å². The Balaban J connectivity index is 1.88. The third-order valence-corrected chi connectivity index (χ3v) is 4.68. The van der Waals surface area contributed by atoms with Crippen molar-refractivity contribution in [1.29, 1.82) is 0 Å². The first kappa shape index (κ1) is 16.6. The zero-order chi connectivity index (χ0) is 17.3. The van der Waals surface area contributed by atoms with E-state index in [0.29, 0.717) is 10.2 Å². The molecule has 0 spiro atoms. The van der Waals surface area contributed by atoms with Gasteiger partial charge in [0.2, 0.25) is 5.91 Å². The monoisotopic (exact) mass is 386 g/mol. The molecule has 2 aromatic carbocycles. The lowest BCUT2D eigenvalue weighted by atomic mass is 9.99. The topological polar surface area (TPSA) is 42.0 Å². The molecule has 1 amide bonds. The van der Waals surface area contributed by atoms with Crippen LogP contribution < -0.4 is 5.32 Å². The van der Waals surface area contributed by atoms with Crippen LogP contribution in [0.25, 0.3) is 10.9 Å². The molecule has 5 heteroatoms. The quantitative estimate of drug-likeness (QED) is 0.692. The second-order valence-electron chi connectivity index (χ2n) is 5.67. The number of benzene rings is 2. The number of anilines is 1. The van der Waals surface area contributed by atoms with Gasteiger partial charge in [-0.1, -0.05) is 18.2 Å². The molecule has 3 aromatic rings. The zero-order valence-electron chi connectivity index (χ0n) is 13.4. The number of rotatable bonds is 3. The summed E-state index contributed by atoms with van der Waals surface area (Å²) in [6.07, 6.45) is 0.222. The van der Waals surface area contributed by atoms with Gasteiger partial charge in [-0.2, -0.15) is 0 Å². The highest BCUT2D eigenvalue weighted by atomic mass is 79.9. The number of para-hydroxylation sites is 1. The summed E-state index contributed by atoms with van der Waals surface area (Å²) >= 11 is 3.26. The smallest absolute Gasteiger partial charge is 0.228 e. The van der Waals surface area contributed by atoms with Crippen LogP contribution in [0, 0.1) is 19.7 Å². The molecule has 0 atom stereocenters. The Hall–Kier alpha value is -2.27. The van der Waals surface area contributed by atoms with Crippen LogP contribution >= 0.6 is 15.9 Å². The molecule has 0 fully saturated rings. The van der Waals surface area contributed by atoms with Crippen LogP contribution in [0.15, 0.2) is 46.9 Å². The Labute approximate surface area is 148 Å². The van der Waals surface area contributed by atoms with Crippen LogP contribution in [0.2, 0.25) is 0 Å². The summed E-state index contributed by atoms with van der Waals surface area (Å²) in [6.45, 7) is 3.92. The van der Waals surface area contributed by atoms with E-state index in [1.807, 2.05) is 38.1 Å². The lowest BCUT2D eigenvalue weighted by molar-refractivity contribution is -0.115. The number of pyridine rings is 1. The Bertz CT molecular complexity index is 940. The fourth-order valence-electron chi connectivity index (χ4n) is 2.78. The van der Waals surface area contributed by atoms with Crippen LogP contribution in [0.5, 0.6) is 0 Å². The molecule has 24 heavy (non-hydrogen) atoms. The molecule has 122 valence electrons. The molecule has 0 saturated carbocycles. The second-order valence-corrected chi connectivity index (χ2v) is 6.52. The van der Waals surface area contributed by atoms with Gasteiger partial charge in [-0.05, 0) is 65.2 Å². The molecule has 1 aromatic heterocycles. The largest absolute Gasteiger partial charge is 0.325 e. The van der Waals surface area contributed by atoms with E-state index >= 15 is 0 Å².